The van der Waals surface area contributed by atoms with Crippen molar-refractivity contribution in [2.75, 3.05) is 18.1 Å². The zero-order valence-electron chi connectivity index (χ0n) is 16.4. The lowest BCUT2D eigenvalue weighted by molar-refractivity contribution is -0.184. The third-order valence-corrected chi connectivity index (χ3v) is 6.03. The molecule has 8 heteroatoms. The first-order valence-electron chi connectivity index (χ1n) is 10.1. The number of carbonyl (C=O) groups is 1. The molecule has 1 N–H and O–H groups in total. The largest absolute Gasteiger partial charge is 0.492 e. The second-order valence-electron chi connectivity index (χ2n) is 8.00. The number of nitrogens with zero attached hydrogens (tertiary/aromatic N) is 2. The molecule has 0 spiro atoms. The smallest absolute Gasteiger partial charge is 0.391 e. The molecular weight excluding hydrogens is 397 g/mol. The van der Waals surface area contributed by atoms with Crippen LogP contribution in [-0.2, 0) is 6.42 Å². The number of pyridine rings is 1. The van der Waals surface area contributed by atoms with Crippen LogP contribution in [0.3, 0.4) is 0 Å². The lowest BCUT2D eigenvalue weighted by atomic mass is 9.82. The molecule has 1 aliphatic carbocycles. The number of rotatable bonds is 5. The quantitative estimate of drug-likeness (QED) is 0.718. The van der Waals surface area contributed by atoms with Crippen molar-refractivity contribution in [3.63, 3.8) is 0 Å². The normalized spacial score (nSPS) is 21.4. The minimum Gasteiger partial charge on any atom is -0.492 e. The van der Waals surface area contributed by atoms with Gasteiger partial charge in [0.1, 0.15) is 5.75 Å². The number of carboxylic acid groups (broad SMARTS) is 1. The first kappa shape index (κ1) is 20.5. The van der Waals surface area contributed by atoms with E-state index in [0.717, 1.165) is 23.4 Å². The summed E-state index contributed by atoms with van der Waals surface area (Å²) in [4.78, 5) is 17.5. The van der Waals surface area contributed by atoms with E-state index in [0.29, 0.717) is 31.7 Å². The van der Waals surface area contributed by atoms with E-state index < -0.39 is 18.1 Å². The number of anilines is 2. The molecule has 30 heavy (non-hydrogen) atoms. The maximum atomic E-state index is 12.8. The average Bonchev–Trinajstić information content (AvgIpc) is 3.15. The molecule has 0 unspecified atom stereocenters. The number of hydrogen-bond acceptors (Lipinski definition) is 4. The van der Waals surface area contributed by atoms with Gasteiger partial charge in [-0.05, 0) is 55.7 Å². The Kier molecular flexibility index (Phi) is 5.58. The maximum absolute atomic E-state index is 12.8. The average molecular weight is 420 g/mol. The van der Waals surface area contributed by atoms with E-state index in [2.05, 4.69) is 4.98 Å². The minimum absolute atomic E-state index is 0.109. The highest BCUT2D eigenvalue weighted by molar-refractivity contribution is 5.90. The van der Waals surface area contributed by atoms with Crippen molar-refractivity contribution < 1.29 is 27.8 Å². The highest BCUT2D eigenvalue weighted by Gasteiger charge is 2.41. The number of fused-ring (bicyclic) bond motifs is 1. The summed E-state index contributed by atoms with van der Waals surface area (Å²) in [5, 5.41) is 9.26. The molecule has 0 saturated heterocycles. The zero-order valence-corrected chi connectivity index (χ0v) is 16.4. The Hall–Kier alpha value is -2.77. The first-order valence-corrected chi connectivity index (χ1v) is 10.1. The van der Waals surface area contributed by atoms with Gasteiger partial charge in [0.2, 0.25) is 0 Å². The molecule has 2 aromatic rings. The van der Waals surface area contributed by atoms with Gasteiger partial charge in [-0.3, -0.25) is 4.98 Å². The van der Waals surface area contributed by atoms with Crippen LogP contribution in [-0.4, -0.2) is 35.4 Å². The molecule has 4 rings (SSSR count). The van der Waals surface area contributed by atoms with Crippen LogP contribution in [0.5, 0.6) is 5.75 Å². The monoisotopic (exact) mass is 420 g/mol. The van der Waals surface area contributed by atoms with Crippen LogP contribution >= 0.6 is 0 Å². The van der Waals surface area contributed by atoms with Crippen LogP contribution in [0.2, 0.25) is 0 Å². The Morgan fingerprint density at radius 2 is 1.93 bits per heavy atom. The van der Waals surface area contributed by atoms with Crippen LogP contribution in [0.4, 0.5) is 24.5 Å². The number of hydrogen-bond donors (Lipinski definition) is 1. The lowest BCUT2D eigenvalue weighted by Gasteiger charge is -2.29. The van der Waals surface area contributed by atoms with E-state index in [4.69, 9.17) is 4.74 Å². The van der Waals surface area contributed by atoms with Gasteiger partial charge in [0.15, 0.2) is 0 Å². The Morgan fingerprint density at radius 1 is 1.17 bits per heavy atom. The number of alkyl halides is 3. The van der Waals surface area contributed by atoms with Crippen molar-refractivity contribution in [1.82, 2.24) is 4.98 Å². The third-order valence-electron chi connectivity index (χ3n) is 6.03. The van der Waals surface area contributed by atoms with Gasteiger partial charge >= 0.3 is 12.1 Å². The third kappa shape index (κ3) is 4.37. The summed E-state index contributed by atoms with van der Waals surface area (Å²) in [6, 6.07) is 6.95. The van der Waals surface area contributed by atoms with Gasteiger partial charge in [-0.2, -0.15) is 13.2 Å². The topological polar surface area (TPSA) is 62.7 Å². The van der Waals surface area contributed by atoms with Gasteiger partial charge in [-0.1, -0.05) is 6.07 Å². The molecule has 1 aromatic heterocycles. The van der Waals surface area contributed by atoms with Crippen molar-refractivity contribution in [2.24, 2.45) is 11.8 Å². The van der Waals surface area contributed by atoms with Crippen LogP contribution in [0.25, 0.3) is 0 Å². The molecule has 1 saturated carbocycles. The molecule has 0 radical (unpaired) electrons. The maximum Gasteiger partial charge on any atom is 0.391 e. The Morgan fingerprint density at radius 3 is 2.63 bits per heavy atom. The van der Waals surface area contributed by atoms with E-state index >= 15 is 0 Å². The molecule has 2 heterocycles. The molecule has 0 atom stereocenters. The number of aromatic carboxylic acids is 1. The Labute approximate surface area is 172 Å². The summed E-state index contributed by atoms with van der Waals surface area (Å²) in [5.41, 5.74) is 2.96. The fraction of sp³-hybridized carbons (Fsp3) is 0.455. The van der Waals surface area contributed by atoms with Crippen molar-refractivity contribution >= 4 is 17.3 Å². The van der Waals surface area contributed by atoms with Crippen molar-refractivity contribution in [3.8, 4) is 5.75 Å². The van der Waals surface area contributed by atoms with E-state index in [9.17, 15) is 23.1 Å². The van der Waals surface area contributed by atoms with E-state index in [1.54, 1.807) is 24.5 Å². The molecule has 2 aliphatic rings. The van der Waals surface area contributed by atoms with E-state index in [1.807, 2.05) is 17.0 Å². The Balaban J connectivity index is 1.40. The minimum atomic E-state index is -4.10. The first-order chi connectivity index (χ1) is 14.3. The summed E-state index contributed by atoms with van der Waals surface area (Å²) >= 11 is 0. The standard InChI is InChI=1S/C22H23F3N2O3/c23-22(24,25)17-5-1-14(2-6-17)13-30-19-10-18(11-26-12-19)27-8-7-15-3-4-16(21(28)29)9-20(15)27/h3-4,9-12,14,17H,1-2,5-8,13H2,(H,28,29)/t14-,17-. The van der Waals surface area contributed by atoms with Crippen molar-refractivity contribution in [2.45, 2.75) is 38.3 Å². The summed E-state index contributed by atoms with van der Waals surface area (Å²) in [6.07, 6.45) is 1.33. The predicted molar refractivity (Wildman–Crippen MR) is 105 cm³/mol. The van der Waals surface area contributed by atoms with Gasteiger partial charge in [0, 0.05) is 18.3 Å². The van der Waals surface area contributed by atoms with Crippen LogP contribution in [0, 0.1) is 11.8 Å². The van der Waals surface area contributed by atoms with Gasteiger partial charge in [-0.15, -0.1) is 0 Å². The fourth-order valence-corrected chi connectivity index (χ4v) is 4.28. The van der Waals surface area contributed by atoms with Crippen LogP contribution in [0.15, 0.2) is 36.7 Å². The number of carboxylic acids is 1. The van der Waals surface area contributed by atoms with Gasteiger partial charge < -0.3 is 14.7 Å². The van der Waals surface area contributed by atoms with E-state index in [-0.39, 0.29) is 24.3 Å². The van der Waals surface area contributed by atoms with Crippen molar-refractivity contribution in [1.29, 1.82) is 0 Å². The lowest BCUT2D eigenvalue weighted by Crippen LogP contribution is -2.29. The number of halogens is 3. The second kappa shape index (κ2) is 8.16. The van der Waals surface area contributed by atoms with Gasteiger partial charge in [0.05, 0.1) is 36.2 Å². The fourth-order valence-electron chi connectivity index (χ4n) is 4.28. The molecule has 1 aromatic carbocycles. The molecule has 5 nitrogen and oxygen atoms in total. The van der Waals surface area contributed by atoms with Crippen LogP contribution < -0.4 is 9.64 Å². The molecule has 1 aliphatic heterocycles. The molecule has 1 fully saturated rings. The summed E-state index contributed by atoms with van der Waals surface area (Å²) in [5.74, 6) is -1.49. The van der Waals surface area contributed by atoms with Gasteiger partial charge in [0.25, 0.3) is 0 Å². The molecular formula is C22H23F3N2O3. The van der Waals surface area contributed by atoms with Crippen molar-refractivity contribution in [3.05, 3.63) is 47.8 Å². The summed E-state index contributed by atoms with van der Waals surface area (Å²) in [6.45, 7) is 1.08. The number of aromatic nitrogens is 1. The SMILES string of the molecule is O=C(O)c1ccc2c(c1)N(c1cncc(OC[C@H]3CC[C@H](C(F)(F)F)CC3)c1)CC2. The Bertz CT molecular complexity index is 924. The molecule has 0 bridgehead atoms. The zero-order chi connectivity index (χ0) is 21.3. The highest BCUT2D eigenvalue weighted by Crippen LogP contribution is 2.40. The molecule has 160 valence electrons. The molecule has 0 amide bonds. The summed E-state index contributed by atoms with van der Waals surface area (Å²) < 4.78 is 44.3. The summed E-state index contributed by atoms with van der Waals surface area (Å²) in [7, 11) is 0. The van der Waals surface area contributed by atoms with E-state index in [1.165, 1.54) is 0 Å². The predicted octanol–water partition coefficient (Wildman–Crippen LogP) is 5.22. The highest BCUT2D eigenvalue weighted by atomic mass is 19.4. The van der Waals surface area contributed by atoms with Crippen LogP contribution in [0.1, 0.15) is 41.6 Å². The second-order valence-corrected chi connectivity index (χ2v) is 8.00. The van der Waals surface area contributed by atoms with Gasteiger partial charge in [-0.25, -0.2) is 4.79 Å². The number of benzene rings is 1. The number of ether oxygens (including phenoxy) is 1.